The molecule has 0 spiro atoms. The molecule has 29 heavy (non-hydrogen) atoms. The van der Waals surface area contributed by atoms with Gasteiger partial charge >= 0.3 is 0 Å². The summed E-state index contributed by atoms with van der Waals surface area (Å²) in [4.78, 5) is 21.2. The van der Waals surface area contributed by atoms with E-state index >= 15 is 0 Å². The van der Waals surface area contributed by atoms with E-state index in [1.807, 2.05) is 6.07 Å². The molecular formula is C21H32IN5O2. The van der Waals surface area contributed by atoms with Gasteiger partial charge in [0.25, 0.3) is 0 Å². The number of fused-ring (bicyclic) bond motifs is 1. The number of carbonyl (C=O) groups excluding carboxylic acids is 1. The van der Waals surface area contributed by atoms with E-state index in [1.165, 1.54) is 17.4 Å². The van der Waals surface area contributed by atoms with Gasteiger partial charge in [-0.05, 0) is 37.3 Å². The van der Waals surface area contributed by atoms with Crippen LogP contribution in [0.2, 0.25) is 0 Å². The zero-order valence-electron chi connectivity index (χ0n) is 17.2. The Bertz CT molecular complexity index is 799. The third kappa shape index (κ3) is 7.18. The lowest BCUT2D eigenvalue weighted by molar-refractivity contribution is -0.127. The Labute approximate surface area is 189 Å². The summed E-state index contributed by atoms with van der Waals surface area (Å²) in [7, 11) is 3.48. The summed E-state index contributed by atoms with van der Waals surface area (Å²) in [6.45, 7) is 2.39. The number of para-hydroxylation sites is 1. The number of amides is 1. The molecule has 8 heteroatoms. The lowest BCUT2D eigenvalue weighted by Gasteiger charge is -2.24. The number of benzene rings is 1. The molecule has 1 aromatic heterocycles. The van der Waals surface area contributed by atoms with Gasteiger partial charge in [0, 0.05) is 50.9 Å². The fourth-order valence-electron chi connectivity index (χ4n) is 3.30. The van der Waals surface area contributed by atoms with Crippen LogP contribution in [0.1, 0.15) is 24.8 Å². The van der Waals surface area contributed by atoms with Crippen LogP contribution >= 0.6 is 24.0 Å². The molecule has 160 valence electrons. The van der Waals surface area contributed by atoms with Crippen LogP contribution in [0.15, 0.2) is 35.5 Å². The summed E-state index contributed by atoms with van der Waals surface area (Å²) in [5.41, 5.74) is 2.41. The minimum Gasteiger partial charge on any atom is -0.376 e. The molecule has 1 amide bonds. The summed E-state index contributed by atoms with van der Waals surface area (Å²) in [6.07, 6.45) is 6.53. The van der Waals surface area contributed by atoms with Crippen LogP contribution in [0, 0.1) is 0 Å². The molecule has 1 saturated heterocycles. The second-order valence-corrected chi connectivity index (χ2v) is 7.36. The summed E-state index contributed by atoms with van der Waals surface area (Å²) in [5, 5.41) is 7.94. The molecule has 0 radical (unpaired) electrons. The quantitative estimate of drug-likeness (QED) is 0.302. The fraction of sp³-hybridized carbons (Fsp3) is 0.524. The van der Waals surface area contributed by atoms with E-state index in [1.54, 1.807) is 19.0 Å². The van der Waals surface area contributed by atoms with Crippen molar-refractivity contribution in [1.82, 2.24) is 20.5 Å². The van der Waals surface area contributed by atoms with Crippen LogP contribution in [0.5, 0.6) is 0 Å². The summed E-state index contributed by atoms with van der Waals surface area (Å²) < 4.78 is 5.78. The van der Waals surface area contributed by atoms with Crippen molar-refractivity contribution in [3.8, 4) is 0 Å². The Kier molecular flexibility index (Phi) is 9.72. The zero-order chi connectivity index (χ0) is 19.8. The summed E-state index contributed by atoms with van der Waals surface area (Å²) in [5.74, 6) is 0.635. The fourth-order valence-corrected chi connectivity index (χ4v) is 3.30. The first-order valence-corrected chi connectivity index (χ1v) is 10.0. The molecule has 3 N–H and O–H groups in total. The second-order valence-electron chi connectivity index (χ2n) is 7.36. The van der Waals surface area contributed by atoms with E-state index in [-0.39, 0.29) is 42.5 Å². The molecule has 1 fully saturated rings. The van der Waals surface area contributed by atoms with Crippen molar-refractivity contribution in [1.29, 1.82) is 0 Å². The third-order valence-corrected chi connectivity index (χ3v) is 5.00. The van der Waals surface area contributed by atoms with Crippen LogP contribution in [0.4, 0.5) is 0 Å². The molecule has 3 rings (SSSR count). The van der Waals surface area contributed by atoms with Crippen LogP contribution in [0.25, 0.3) is 10.9 Å². The van der Waals surface area contributed by atoms with Crippen molar-refractivity contribution >= 4 is 46.7 Å². The van der Waals surface area contributed by atoms with Gasteiger partial charge in [-0.3, -0.25) is 4.79 Å². The maximum absolute atomic E-state index is 11.9. The van der Waals surface area contributed by atoms with Crippen molar-refractivity contribution in [2.24, 2.45) is 4.99 Å². The normalized spacial score (nSPS) is 16.9. The highest BCUT2D eigenvalue weighted by molar-refractivity contribution is 14.0. The molecule has 0 aliphatic carbocycles. The minimum atomic E-state index is -0.0216. The summed E-state index contributed by atoms with van der Waals surface area (Å²) >= 11 is 0. The van der Waals surface area contributed by atoms with Gasteiger partial charge in [-0.2, -0.15) is 0 Å². The lowest BCUT2D eigenvalue weighted by atomic mass is 10.1. The van der Waals surface area contributed by atoms with Gasteiger partial charge in [0.05, 0.1) is 6.10 Å². The number of hydrogen-bond acceptors (Lipinski definition) is 3. The summed E-state index contributed by atoms with van der Waals surface area (Å²) in [6, 6.07) is 8.30. The number of ether oxygens (including phenoxy) is 1. The van der Waals surface area contributed by atoms with E-state index in [4.69, 9.17) is 4.74 Å². The lowest BCUT2D eigenvalue weighted by Crippen LogP contribution is -2.43. The first kappa shape index (κ1) is 23.5. The molecule has 2 aromatic rings. The average Bonchev–Trinajstić information content (AvgIpc) is 3.13. The van der Waals surface area contributed by atoms with Crippen LogP contribution in [0.3, 0.4) is 0 Å². The van der Waals surface area contributed by atoms with Crippen molar-refractivity contribution < 1.29 is 9.53 Å². The van der Waals surface area contributed by atoms with Gasteiger partial charge in [-0.15, -0.1) is 24.0 Å². The molecule has 1 unspecified atom stereocenters. The molecule has 0 saturated carbocycles. The highest BCUT2D eigenvalue weighted by Gasteiger charge is 2.14. The maximum Gasteiger partial charge on any atom is 0.243 e. The van der Waals surface area contributed by atoms with Gasteiger partial charge in [0.1, 0.15) is 6.54 Å². The van der Waals surface area contributed by atoms with Crippen molar-refractivity contribution in [3.63, 3.8) is 0 Å². The van der Waals surface area contributed by atoms with Gasteiger partial charge in [-0.25, -0.2) is 4.99 Å². The average molecular weight is 513 g/mol. The Morgan fingerprint density at radius 3 is 2.86 bits per heavy atom. The molecule has 1 aromatic carbocycles. The number of hydrogen-bond donors (Lipinski definition) is 3. The topological polar surface area (TPSA) is 81.8 Å². The van der Waals surface area contributed by atoms with Crippen LogP contribution in [-0.4, -0.2) is 68.2 Å². The number of guanidine groups is 1. The predicted octanol–water partition coefficient (Wildman–Crippen LogP) is 2.52. The highest BCUT2D eigenvalue weighted by atomic mass is 127. The molecule has 1 aliphatic rings. The van der Waals surface area contributed by atoms with E-state index in [0.717, 1.165) is 37.9 Å². The van der Waals surface area contributed by atoms with E-state index < -0.39 is 0 Å². The van der Waals surface area contributed by atoms with Crippen molar-refractivity contribution in [2.45, 2.75) is 31.8 Å². The second kappa shape index (κ2) is 12.0. The molecule has 2 heterocycles. The number of aromatic nitrogens is 1. The number of H-pyrrole nitrogens is 1. The van der Waals surface area contributed by atoms with E-state index in [2.05, 4.69) is 45.0 Å². The zero-order valence-corrected chi connectivity index (χ0v) is 19.6. The van der Waals surface area contributed by atoms with Crippen LogP contribution in [-0.2, 0) is 16.0 Å². The Balaban J connectivity index is 0.00000300. The SMILES string of the molecule is CN(C)C(=O)CN=C(NCCc1c[nH]c2ccccc12)NCC1CCCCO1.I. The number of nitrogens with one attached hydrogen (secondary N) is 3. The third-order valence-electron chi connectivity index (χ3n) is 5.00. The number of likely N-dealkylation sites (N-methyl/N-ethyl adjacent to an activating group) is 1. The molecular weight excluding hydrogens is 481 g/mol. The Hall–Kier alpha value is -1.81. The largest absolute Gasteiger partial charge is 0.376 e. The Morgan fingerprint density at radius 2 is 2.10 bits per heavy atom. The number of aromatic amines is 1. The van der Waals surface area contributed by atoms with Crippen LogP contribution < -0.4 is 10.6 Å². The highest BCUT2D eigenvalue weighted by Crippen LogP contribution is 2.17. The first-order valence-electron chi connectivity index (χ1n) is 10.0. The number of rotatable bonds is 7. The van der Waals surface area contributed by atoms with Crippen molar-refractivity contribution in [3.05, 3.63) is 36.0 Å². The molecule has 1 aliphatic heterocycles. The van der Waals surface area contributed by atoms with Gasteiger partial charge in [0.15, 0.2) is 5.96 Å². The minimum absolute atomic E-state index is 0. The monoisotopic (exact) mass is 513 g/mol. The molecule has 7 nitrogen and oxygen atoms in total. The van der Waals surface area contributed by atoms with Gasteiger partial charge < -0.3 is 25.3 Å². The number of aliphatic imine (C=N–C) groups is 1. The predicted molar refractivity (Wildman–Crippen MR) is 128 cm³/mol. The molecule has 1 atom stereocenters. The van der Waals surface area contributed by atoms with E-state index in [0.29, 0.717) is 12.5 Å². The van der Waals surface area contributed by atoms with Gasteiger partial charge in [-0.1, -0.05) is 18.2 Å². The van der Waals surface area contributed by atoms with Crippen molar-refractivity contribution in [2.75, 3.05) is 40.3 Å². The Morgan fingerprint density at radius 1 is 1.28 bits per heavy atom. The smallest absolute Gasteiger partial charge is 0.243 e. The maximum atomic E-state index is 11.9. The molecule has 0 bridgehead atoms. The number of nitrogens with zero attached hydrogens (tertiary/aromatic N) is 2. The standard InChI is InChI=1S/C21H31N5O2.HI/c1-26(2)20(27)15-25-21(24-14-17-7-5-6-12-28-17)22-11-10-16-13-23-19-9-4-3-8-18(16)19;/h3-4,8-9,13,17,23H,5-7,10-12,14-15H2,1-2H3,(H2,22,24,25);1H. The van der Waals surface area contributed by atoms with E-state index in [9.17, 15) is 4.79 Å². The van der Waals surface area contributed by atoms with Gasteiger partial charge in [0.2, 0.25) is 5.91 Å². The number of carbonyl (C=O) groups is 1. The first-order chi connectivity index (χ1) is 13.6. The number of halogens is 1.